The zero-order chi connectivity index (χ0) is 19.3. The Hall–Kier alpha value is -2.13. The number of carbonyl (C=O) groups is 1. The van der Waals surface area contributed by atoms with E-state index in [4.69, 9.17) is 0 Å². The van der Waals surface area contributed by atoms with Crippen LogP contribution in [0.5, 0.6) is 0 Å². The van der Waals surface area contributed by atoms with Gasteiger partial charge < -0.3 is 9.84 Å². The first kappa shape index (κ1) is 23.9. The molecule has 0 saturated carbocycles. The van der Waals surface area contributed by atoms with Crippen molar-refractivity contribution in [2.45, 2.75) is 58.0 Å². The smallest absolute Gasteiger partial charge is 0.305 e. The molecule has 0 spiro atoms. The Labute approximate surface area is 159 Å². The molecule has 1 N–H and O–H groups in total. The summed E-state index contributed by atoms with van der Waals surface area (Å²) in [5, 5.41) is 9.65. The van der Waals surface area contributed by atoms with Crippen molar-refractivity contribution in [3.05, 3.63) is 72.9 Å². The first-order chi connectivity index (χ1) is 12.7. The Bertz CT molecular complexity index is 508. The third-order valence-electron chi connectivity index (χ3n) is 3.44. The first-order valence-electron chi connectivity index (χ1n) is 9.38. The highest BCUT2D eigenvalue weighted by Gasteiger charge is 2.04. The van der Waals surface area contributed by atoms with Gasteiger partial charge in [-0.1, -0.05) is 79.8 Å². The summed E-state index contributed by atoms with van der Waals surface area (Å²) in [5.74, 6) is -0.299. The summed E-state index contributed by atoms with van der Waals surface area (Å²) in [6, 6.07) is 0. The topological polar surface area (TPSA) is 46.5 Å². The summed E-state index contributed by atoms with van der Waals surface area (Å²) in [4.78, 5) is 11.0. The van der Waals surface area contributed by atoms with Gasteiger partial charge in [0.25, 0.3) is 0 Å². The largest absolute Gasteiger partial charge is 0.469 e. The van der Waals surface area contributed by atoms with Gasteiger partial charge in [0.15, 0.2) is 0 Å². The molecular formula is C23H34O3. The van der Waals surface area contributed by atoms with Crippen LogP contribution in [0.2, 0.25) is 0 Å². The Morgan fingerprint density at radius 2 is 1.35 bits per heavy atom. The Morgan fingerprint density at radius 1 is 0.846 bits per heavy atom. The van der Waals surface area contributed by atoms with E-state index in [-0.39, 0.29) is 12.4 Å². The van der Waals surface area contributed by atoms with Gasteiger partial charge in [0.2, 0.25) is 0 Å². The molecule has 3 heteroatoms. The molecule has 26 heavy (non-hydrogen) atoms. The van der Waals surface area contributed by atoms with Crippen molar-refractivity contribution in [1.82, 2.24) is 0 Å². The predicted molar refractivity (Wildman–Crippen MR) is 111 cm³/mol. The highest BCUT2D eigenvalue weighted by molar-refractivity contribution is 5.69. The summed E-state index contributed by atoms with van der Waals surface area (Å²) in [7, 11) is 1.35. The molecule has 0 saturated heterocycles. The zero-order valence-corrected chi connectivity index (χ0v) is 16.2. The molecule has 0 fully saturated rings. The van der Waals surface area contributed by atoms with E-state index in [1.807, 2.05) is 12.2 Å². The van der Waals surface area contributed by atoms with Gasteiger partial charge in [0.1, 0.15) is 0 Å². The first-order valence-corrected chi connectivity index (χ1v) is 9.38. The molecule has 0 aliphatic heterocycles. The lowest BCUT2D eigenvalue weighted by atomic mass is 10.2. The average Bonchev–Trinajstić information content (AvgIpc) is 2.65. The number of hydrogen-bond donors (Lipinski definition) is 1. The van der Waals surface area contributed by atoms with E-state index in [1.165, 1.54) is 7.11 Å². The van der Waals surface area contributed by atoms with E-state index in [0.29, 0.717) is 6.42 Å². The summed E-state index contributed by atoms with van der Waals surface area (Å²) in [6.07, 6.45) is 29.7. The number of hydrogen-bond acceptors (Lipinski definition) is 3. The molecule has 0 aromatic carbocycles. The maximum Gasteiger partial charge on any atom is 0.305 e. The maximum atomic E-state index is 11.0. The molecule has 0 amide bonds. The van der Waals surface area contributed by atoms with Gasteiger partial charge in [-0.25, -0.2) is 0 Å². The molecule has 0 aromatic heterocycles. The predicted octanol–water partition coefficient (Wildman–Crippen LogP) is 5.61. The fourth-order valence-electron chi connectivity index (χ4n) is 1.97. The van der Waals surface area contributed by atoms with Crippen LogP contribution in [0.25, 0.3) is 0 Å². The van der Waals surface area contributed by atoms with Gasteiger partial charge in [0.05, 0.1) is 13.2 Å². The molecular weight excluding hydrogens is 324 g/mol. The second-order valence-corrected chi connectivity index (χ2v) is 5.73. The SMILES string of the molecule is CC/C=C/C/C=C/C/C=C/C/C=C/C/C=C/C=C/C(O)CCC(=O)OC. The molecule has 0 rings (SSSR count). The van der Waals surface area contributed by atoms with Crippen molar-refractivity contribution in [3.63, 3.8) is 0 Å². The molecule has 0 bridgehead atoms. The average molecular weight is 359 g/mol. The zero-order valence-electron chi connectivity index (χ0n) is 16.2. The van der Waals surface area contributed by atoms with Gasteiger partial charge in [0, 0.05) is 6.42 Å². The summed E-state index contributed by atoms with van der Waals surface area (Å²) in [5.41, 5.74) is 0. The summed E-state index contributed by atoms with van der Waals surface area (Å²) >= 11 is 0. The Morgan fingerprint density at radius 3 is 1.85 bits per heavy atom. The van der Waals surface area contributed by atoms with Crippen LogP contribution in [-0.2, 0) is 9.53 Å². The number of methoxy groups -OCH3 is 1. The number of aliphatic hydroxyl groups is 1. The number of allylic oxidation sites excluding steroid dienone is 11. The van der Waals surface area contributed by atoms with E-state index < -0.39 is 6.10 Å². The molecule has 0 radical (unpaired) electrons. The normalized spacial score (nSPS) is 14.1. The standard InChI is InChI=1S/C23H34O3/c1-3-4-5-6-7-8-9-10-11-12-13-14-15-16-17-18-19-22(24)20-21-23(25)26-2/h4-5,7-8,10-11,13-14,16-19,22,24H,3,6,9,12,15,20-21H2,1-2H3/b5-4+,8-7+,11-10+,14-13+,17-16+,19-18+. The third kappa shape index (κ3) is 18.2. The number of esters is 1. The van der Waals surface area contributed by atoms with Crippen LogP contribution < -0.4 is 0 Å². The van der Waals surface area contributed by atoms with Crippen molar-refractivity contribution in [2.24, 2.45) is 0 Å². The van der Waals surface area contributed by atoms with E-state index in [2.05, 4.69) is 60.3 Å². The number of ether oxygens (including phenoxy) is 1. The molecule has 1 unspecified atom stereocenters. The van der Waals surface area contributed by atoms with E-state index in [0.717, 1.165) is 32.1 Å². The molecule has 144 valence electrons. The highest BCUT2D eigenvalue weighted by atomic mass is 16.5. The van der Waals surface area contributed by atoms with E-state index in [9.17, 15) is 9.90 Å². The van der Waals surface area contributed by atoms with Gasteiger partial charge in [-0.15, -0.1) is 0 Å². The maximum absolute atomic E-state index is 11.0. The minimum absolute atomic E-state index is 0.230. The van der Waals surface area contributed by atoms with Crippen molar-refractivity contribution in [1.29, 1.82) is 0 Å². The van der Waals surface area contributed by atoms with Crippen molar-refractivity contribution < 1.29 is 14.6 Å². The molecule has 0 aliphatic rings. The van der Waals surface area contributed by atoms with Crippen LogP contribution in [0.15, 0.2) is 72.9 Å². The van der Waals surface area contributed by atoms with E-state index in [1.54, 1.807) is 12.2 Å². The van der Waals surface area contributed by atoms with Crippen LogP contribution in [0.3, 0.4) is 0 Å². The molecule has 0 aliphatic carbocycles. The van der Waals surface area contributed by atoms with Crippen LogP contribution in [0, 0.1) is 0 Å². The van der Waals surface area contributed by atoms with Crippen molar-refractivity contribution in [3.8, 4) is 0 Å². The fourth-order valence-corrected chi connectivity index (χ4v) is 1.97. The summed E-state index contributed by atoms with van der Waals surface area (Å²) in [6.45, 7) is 2.14. The van der Waals surface area contributed by atoms with Crippen LogP contribution in [0.4, 0.5) is 0 Å². The number of rotatable bonds is 14. The van der Waals surface area contributed by atoms with Gasteiger partial charge in [-0.05, 0) is 38.5 Å². The van der Waals surface area contributed by atoms with Gasteiger partial charge in [-0.3, -0.25) is 4.79 Å². The highest BCUT2D eigenvalue weighted by Crippen LogP contribution is 2.00. The van der Waals surface area contributed by atoms with Gasteiger partial charge in [-0.2, -0.15) is 0 Å². The molecule has 1 atom stereocenters. The molecule has 0 heterocycles. The molecule has 0 aromatic rings. The quantitative estimate of drug-likeness (QED) is 0.249. The second-order valence-electron chi connectivity index (χ2n) is 5.73. The van der Waals surface area contributed by atoms with Gasteiger partial charge >= 0.3 is 5.97 Å². The second kappa shape index (κ2) is 19.2. The fraction of sp³-hybridized carbons (Fsp3) is 0.435. The lowest BCUT2D eigenvalue weighted by Gasteiger charge is -2.02. The number of aliphatic hydroxyl groups excluding tert-OH is 1. The van der Waals surface area contributed by atoms with Crippen LogP contribution >= 0.6 is 0 Å². The third-order valence-corrected chi connectivity index (χ3v) is 3.44. The molecule has 3 nitrogen and oxygen atoms in total. The lowest BCUT2D eigenvalue weighted by molar-refractivity contribution is -0.141. The monoisotopic (exact) mass is 358 g/mol. The Balaban J connectivity index is 3.69. The van der Waals surface area contributed by atoms with Crippen molar-refractivity contribution in [2.75, 3.05) is 7.11 Å². The van der Waals surface area contributed by atoms with Crippen molar-refractivity contribution >= 4 is 5.97 Å². The number of carbonyl (C=O) groups excluding carboxylic acids is 1. The summed E-state index contributed by atoms with van der Waals surface area (Å²) < 4.78 is 4.53. The Kier molecular flexibility index (Phi) is 17.6. The van der Waals surface area contributed by atoms with Crippen LogP contribution in [-0.4, -0.2) is 24.3 Å². The van der Waals surface area contributed by atoms with Crippen LogP contribution in [0.1, 0.15) is 51.9 Å². The minimum Gasteiger partial charge on any atom is -0.469 e. The van der Waals surface area contributed by atoms with E-state index >= 15 is 0 Å². The minimum atomic E-state index is -0.615. The lowest BCUT2D eigenvalue weighted by Crippen LogP contribution is -2.07.